The first kappa shape index (κ1) is 12.4. The van der Waals surface area contributed by atoms with Crippen LogP contribution >= 0.6 is 11.8 Å². The summed E-state index contributed by atoms with van der Waals surface area (Å²) < 4.78 is 0. The number of benzene rings is 1. The number of hydrogen-bond donors (Lipinski definition) is 1. The second-order valence-corrected chi connectivity index (χ2v) is 5.31. The molecule has 84 valence electrons. The van der Waals surface area contributed by atoms with Crippen LogP contribution in [0.15, 0.2) is 23.1 Å². The van der Waals surface area contributed by atoms with Crippen molar-refractivity contribution in [2.24, 2.45) is 5.92 Å². The van der Waals surface area contributed by atoms with Crippen molar-refractivity contribution in [3.63, 3.8) is 0 Å². The Kier molecular flexibility index (Phi) is 5.03. The summed E-state index contributed by atoms with van der Waals surface area (Å²) in [6.45, 7) is 6.66. The van der Waals surface area contributed by atoms with E-state index in [0.717, 1.165) is 11.6 Å². The third-order valence-electron chi connectivity index (χ3n) is 2.47. The van der Waals surface area contributed by atoms with Crippen LogP contribution < -0.4 is 5.73 Å². The largest absolute Gasteiger partial charge is 0.398 e. The van der Waals surface area contributed by atoms with E-state index in [1.807, 2.05) is 17.8 Å². The summed E-state index contributed by atoms with van der Waals surface area (Å²) in [7, 11) is 0. The number of hydrogen-bond acceptors (Lipinski definition) is 2. The van der Waals surface area contributed by atoms with Crippen LogP contribution in [0.2, 0.25) is 0 Å². The first-order valence-electron chi connectivity index (χ1n) is 5.62. The van der Waals surface area contributed by atoms with Gasteiger partial charge in [-0.25, -0.2) is 0 Å². The highest BCUT2D eigenvalue weighted by Crippen LogP contribution is 2.28. The molecule has 1 rings (SSSR count). The average molecular weight is 223 g/mol. The summed E-state index contributed by atoms with van der Waals surface area (Å²) in [6.07, 6.45) is 2.57. The van der Waals surface area contributed by atoms with Gasteiger partial charge in [-0.15, -0.1) is 11.8 Å². The van der Waals surface area contributed by atoms with Crippen molar-refractivity contribution < 1.29 is 0 Å². The minimum Gasteiger partial charge on any atom is -0.398 e. The number of rotatable bonds is 5. The van der Waals surface area contributed by atoms with Gasteiger partial charge in [0, 0.05) is 16.3 Å². The number of nitrogen functional groups attached to an aromatic ring is 1. The molecule has 0 radical (unpaired) electrons. The van der Waals surface area contributed by atoms with Gasteiger partial charge in [0.15, 0.2) is 0 Å². The minimum atomic E-state index is 0.778. The van der Waals surface area contributed by atoms with E-state index in [1.165, 1.54) is 29.1 Å². The molecule has 1 nitrogen and oxygen atoms in total. The fourth-order valence-corrected chi connectivity index (χ4v) is 2.71. The van der Waals surface area contributed by atoms with Gasteiger partial charge in [-0.05, 0) is 30.5 Å². The number of thioether (sulfide) groups is 1. The first-order valence-corrected chi connectivity index (χ1v) is 6.61. The van der Waals surface area contributed by atoms with Crippen LogP contribution in [-0.2, 0) is 0 Å². The second kappa shape index (κ2) is 6.06. The molecular formula is C13H21NS. The molecule has 0 aliphatic rings. The third kappa shape index (κ3) is 4.17. The maximum Gasteiger partial charge on any atom is 0.0452 e. The van der Waals surface area contributed by atoms with E-state index in [0.29, 0.717) is 0 Å². The van der Waals surface area contributed by atoms with Crippen LogP contribution in [0.4, 0.5) is 5.69 Å². The van der Waals surface area contributed by atoms with Crippen LogP contribution in [0, 0.1) is 12.8 Å². The highest BCUT2D eigenvalue weighted by molar-refractivity contribution is 7.99. The predicted molar refractivity (Wildman–Crippen MR) is 70.4 cm³/mol. The Bertz CT molecular complexity index is 309. The van der Waals surface area contributed by atoms with Crippen LogP contribution in [0.1, 0.15) is 32.3 Å². The lowest BCUT2D eigenvalue weighted by Crippen LogP contribution is -1.98. The predicted octanol–water partition coefficient (Wildman–Crippen LogP) is 4.11. The van der Waals surface area contributed by atoms with E-state index in [2.05, 4.69) is 32.9 Å². The Morgan fingerprint density at radius 2 is 2.13 bits per heavy atom. The van der Waals surface area contributed by atoms with Gasteiger partial charge in [-0.1, -0.05) is 32.8 Å². The van der Waals surface area contributed by atoms with Crippen molar-refractivity contribution in [1.29, 1.82) is 0 Å². The molecule has 1 atom stereocenters. The summed E-state index contributed by atoms with van der Waals surface area (Å²) in [4.78, 5) is 1.23. The molecule has 1 aromatic carbocycles. The molecule has 0 aromatic heterocycles. The lowest BCUT2D eigenvalue weighted by atomic mass is 10.1. The Morgan fingerprint density at radius 3 is 2.80 bits per heavy atom. The van der Waals surface area contributed by atoms with Gasteiger partial charge < -0.3 is 5.73 Å². The fraction of sp³-hybridized carbons (Fsp3) is 0.538. The zero-order chi connectivity index (χ0) is 11.3. The molecule has 0 spiro atoms. The molecule has 1 unspecified atom stereocenters. The SMILES string of the molecule is CCCC(C)CSc1cc(C)ccc1N. The Morgan fingerprint density at radius 1 is 1.40 bits per heavy atom. The van der Waals surface area contributed by atoms with Gasteiger partial charge in [-0.2, -0.15) is 0 Å². The maximum atomic E-state index is 5.93. The molecular weight excluding hydrogens is 202 g/mol. The minimum absolute atomic E-state index is 0.778. The molecule has 0 heterocycles. The molecule has 1 aromatic rings. The molecule has 2 heteroatoms. The fourth-order valence-electron chi connectivity index (χ4n) is 1.57. The molecule has 0 bridgehead atoms. The summed E-state index contributed by atoms with van der Waals surface area (Å²) in [5.41, 5.74) is 8.13. The lowest BCUT2D eigenvalue weighted by Gasteiger charge is -2.11. The number of nitrogens with two attached hydrogens (primary N) is 1. The van der Waals surface area contributed by atoms with Gasteiger partial charge in [0.25, 0.3) is 0 Å². The number of aryl methyl sites for hydroxylation is 1. The zero-order valence-electron chi connectivity index (χ0n) is 9.92. The van der Waals surface area contributed by atoms with Crippen LogP contribution in [0.3, 0.4) is 0 Å². The van der Waals surface area contributed by atoms with Crippen LogP contribution in [0.25, 0.3) is 0 Å². The van der Waals surface area contributed by atoms with Crippen LogP contribution in [0.5, 0.6) is 0 Å². The molecule has 0 amide bonds. The Labute approximate surface area is 97.4 Å². The highest BCUT2D eigenvalue weighted by Gasteiger charge is 2.04. The molecule has 0 fully saturated rings. The van der Waals surface area contributed by atoms with Crippen molar-refractivity contribution in [1.82, 2.24) is 0 Å². The van der Waals surface area contributed by atoms with Crippen LogP contribution in [-0.4, -0.2) is 5.75 Å². The Hall–Kier alpha value is -0.630. The second-order valence-electron chi connectivity index (χ2n) is 4.25. The van der Waals surface area contributed by atoms with E-state index in [4.69, 9.17) is 5.73 Å². The van der Waals surface area contributed by atoms with E-state index >= 15 is 0 Å². The summed E-state index contributed by atoms with van der Waals surface area (Å²) in [6, 6.07) is 6.25. The standard InChI is InChI=1S/C13H21NS/c1-4-5-11(3)9-15-13-8-10(2)6-7-12(13)14/h6-8,11H,4-5,9,14H2,1-3H3. The average Bonchev–Trinajstić information content (AvgIpc) is 2.20. The summed E-state index contributed by atoms with van der Waals surface area (Å²) in [5, 5.41) is 0. The van der Waals surface area contributed by atoms with Gasteiger partial charge >= 0.3 is 0 Å². The quantitative estimate of drug-likeness (QED) is 0.600. The van der Waals surface area contributed by atoms with E-state index in [9.17, 15) is 0 Å². The Balaban J connectivity index is 2.53. The van der Waals surface area contributed by atoms with E-state index in [-0.39, 0.29) is 0 Å². The molecule has 0 saturated carbocycles. The summed E-state index contributed by atoms with van der Waals surface area (Å²) in [5.74, 6) is 1.95. The van der Waals surface area contributed by atoms with Crippen molar-refractivity contribution in [2.75, 3.05) is 11.5 Å². The van der Waals surface area contributed by atoms with Crippen molar-refractivity contribution in [2.45, 2.75) is 38.5 Å². The smallest absolute Gasteiger partial charge is 0.0452 e. The maximum absolute atomic E-state index is 5.93. The number of anilines is 1. The monoisotopic (exact) mass is 223 g/mol. The first-order chi connectivity index (χ1) is 7.13. The zero-order valence-corrected chi connectivity index (χ0v) is 10.7. The normalized spacial score (nSPS) is 12.7. The van der Waals surface area contributed by atoms with Gasteiger partial charge in [0.05, 0.1) is 0 Å². The van der Waals surface area contributed by atoms with E-state index < -0.39 is 0 Å². The van der Waals surface area contributed by atoms with Crippen molar-refractivity contribution >= 4 is 17.4 Å². The molecule has 0 saturated heterocycles. The van der Waals surface area contributed by atoms with Gasteiger partial charge in [-0.3, -0.25) is 0 Å². The lowest BCUT2D eigenvalue weighted by molar-refractivity contribution is 0.585. The van der Waals surface area contributed by atoms with Gasteiger partial charge in [0.1, 0.15) is 0 Å². The van der Waals surface area contributed by atoms with E-state index in [1.54, 1.807) is 0 Å². The van der Waals surface area contributed by atoms with Gasteiger partial charge in [0.2, 0.25) is 0 Å². The van der Waals surface area contributed by atoms with Crippen molar-refractivity contribution in [3.8, 4) is 0 Å². The topological polar surface area (TPSA) is 26.0 Å². The molecule has 2 N–H and O–H groups in total. The molecule has 15 heavy (non-hydrogen) atoms. The highest BCUT2D eigenvalue weighted by atomic mass is 32.2. The summed E-state index contributed by atoms with van der Waals surface area (Å²) >= 11 is 1.88. The third-order valence-corrected chi connectivity index (χ3v) is 3.87. The molecule has 0 aliphatic heterocycles. The van der Waals surface area contributed by atoms with Crippen molar-refractivity contribution in [3.05, 3.63) is 23.8 Å². The molecule has 0 aliphatic carbocycles.